The number of hydrogen-bond donors (Lipinski definition) is 1. The monoisotopic (exact) mass is 567 g/mol. The fourth-order valence-electron chi connectivity index (χ4n) is 6.77. The number of likely N-dealkylation sites (tertiary alicyclic amines) is 2. The largest absolute Gasteiger partial charge is 0.439 e. The smallest absolute Gasteiger partial charge is 0.213 e. The van der Waals surface area contributed by atoms with Crippen molar-refractivity contribution in [2.45, 2.75) is 64.5 Å². The molecule has 2 saturated heterocycles. The summed E-state index contributed by atoms with van der Waals surface area (Å²) in [7, 11) is 0. The normalized spacial score (nSPS) is 19.2. The van der Waals surface area contributed by atoms with E-state index in [0.717, 1.165) is 48.9 Å². The van der Waals surface area contributed by atoms with Crippen molar-refractivity contribution in [2.75, 3.05) is 50.7 Å². The van der Waals surface area contributed by atoms with Crippen LogP contribution in [0, 0.1) is 0 Å². The topological polar surface area (TPSA) is 43.1 Å². The Morgan fingerprint density at radius 3 is 2.31 bits per heavy atom. The lowest BCUT2D eigenvalue weighted by atomic mass is 10.1. The lowest BCUT2D eigenvalue weighted by molar-refractivity contribution is -0.671. The van der Waals surface area contributed by atoms with Crippen molar-refractivity contribution in [3.8, 4) is 5.75 Å². The number of ether oxygens (including phenoxy) is 1. The minimum absolute atomic E-state index is 0.0177. The lowest BCUT2D eigenvalue weighted by Gasteiger charge is -2.27. The maximum absolute atomic E-state index is 9.66. The number of rotatable bonds is 11. The van der Waals surface area contributed by atoms with Gasteiger partial charge >= 0.3 is 0 Å². The predicted molar refractivity (Wildman–Crippen MR) is 171 cm³/mol. The number of aromatic nitrogens is 1. The number of fused-ring (bicyclic) bond motifs is 2. The molecule has 2 fully saturated rings. The zero-order chi connectivity index (χ0) is 28.6. The Labute approximate surface area is 251 Å². The SMILES string of the molecule is OCc1ccc2c(c1)OC(=CC=Cc1cc[n+](CCCN3CCCCC3)c3ccccc13)N2CCCN1CCCCC1. The number of anilines is 1. The highest BCUT2D eigenvalue weighted by Gasteiger charge is 2.26. The van der Waals surface area contributed by atoms with E-state index in [1.165, 1.54) is 94.1 Å². The Hall–Kier alpha value is -3.19. The van der Waals surface area contributed by atoms with E-state index in [4.69, 9.17) is 4.74 Å². The van der Waals surface area contributed by atoms with Gasteiger partial charge in [-0.1, -0.05) is 43.2 Å². The van der Waals surface area contributed by atoms with Crippen LogP contribution in [0.2, 0.25) is 0 Å². The van der Waals surface area contributed by atoms with Crippen LogP contribution in [-0.2, 0) is 13.2 Å². The van der Waals surface area contributed by atoms with E-state index >= 15 is 0 Å². The van der Waals surface area contributed by atoms with Crippen LogP contribution in [0.1, 0.15) is 62.5 Å². The number of pyridine rings is 1. The summed E-state index contributed by atoms with van der Waals surface area (Å²) in [6.45, 7) is 9.25. The highest BCUT2D eigenvalue weighted by Crippen LogP contribution is 2.40. The van der Waals surface area contributed by atoms with Gasteiger partial charge in [0.25, 0.3) is 0 Å². The third-order valence-corrected chi connectivity index (χ3v) is 9.08. The summed E-state index contributed by atoms with van der Waals surface area (Å²) in [5, 5.41) is 10.9. The molecule has 1 aromatic heterocycles. The first-order valence-electron chi connectivity index (χ1n) is 16.2. The molecule has 4 heterocycles. The van der Waals surface area contributed by atoms with Gasteiger partial charge in [-0.25, -0.2) is 0 Å². The Balaban J connectivity index is 1.16. The summed E-state index contributed by atoms with van der Waals surface area (Å²) in [4.78, 5) is 7.52. The predicted octanol–water partition coefficient (Wildman–Crippen LogP) is 6.13. The number of aryl methyl sites for hydroxylation is 1. The van der Waals surface area contributed by atoms with E-state index in [1.54, 1.807) is 0 Å². The van der Waals surface area contributed by atoms with Crippen molar-refractivity contribution < 1.29 is 14.4 Å². The summed E-state index contributed by atoms with van der Waals surface area (Å²) < 4.78 is 8.76. The molecule has 0 saturated carbocycles. The number of nitrogens with zero attached hydrogens (tertiary/aromatic N) is 4. The number of benzene rings is 2. The van der Waals surface area contributed by atoms with E-state index < -0.39 is 0 Å². The van der Waals surface area contributed by atoms with E-state index in [2.05, 4.69) is 80.1 Å². The molecule has 0 aliphatic carbocycles. The molecule has 6 rings (SSSR count). The van der Waals surface area contributed by atoms with E-state index in [0.29, 0.717) is 0 Å². The average molecular weight is 568 g/mol. The van der Waals surface area contributed by atoms with Crippen molar-refractivity contribution in [1.82, 2.24) is 9.80 Å². The Morgan fingerprint density at radius 1 is 0.810 bits per heavy atom. The molecule has 3 aromatic rings. The van der Waals surface area contributed by atoms with Crippen molar-refractivity contribution in [3.05, 3.63) is 83.9 Å². The standard InChI is InChI=1S/C36H47N4O2/c41-29-30-16-17-34-35(28-30)42-36(40(34)26-11-24-38-21-7-2-8-22-38)15-9-12-31-18-27-39(33-14-4-3-13-32(31)33)25-10-23-37-19-5-1-6-20-37/h3-4,9,12-18,27-28,41H,1-2,5-8,10-11,19-26,29H2/q+1. The van der Waals surface area contributed by atoms with Gasteiger partial charge in [-0.2, -0.15) is 4.57 Å². The van der Waals surface area contributed by atoms with Crippen LogP contribution in [0.5, 0.6) is 5.75 Å². The molecule has 6 nitrogen and oxygen atoms in total. The minimum atomic E-state index is 0.0177. The molecule has 0 spiro atoms. The van der Waals surface area contributed by atoms with Crippen LogP contribution >= 0.6 is 0 Å². The summed E-state index contributed by atoms with van der Waals surface area (Å²) in [6.07, 6.45) is 19.0. The number of allylic oxidation sites excluding steroid dienone is 2. The number of piperidine rings is 2. The van der Waals surface area contributed by atoms with E-state index in [9.17, 15) is 5.11 Å². The third-order valence-electron chi connectivity index (χ3n) is 9.08. The Morgan fingerprint density at radius 2 is 1.55 bits per heavy atom. The molecule has 2 aromatic carbocycles. The maximum Gasteiger partial charge on any atom is 0.213 e. The second-order valence-corrected chi connectivity index (χ2v) is 12.1. The number of para-hydroxylation sites is 1. The Kier molecular flexibility index (Phi) is 9.86. The molecule has 0 unspecified atom stereocenters. The van der Waals surface area contributed by atoms with Crippen molar-refractivity contribution >= 4 is 22.7 Å². The molecular weight excluding hydrogens is 520 g/mol. The van der Waals surface area contributed by atoms with Gasteiger partial charge in [0.05, 0.1) is 17.7 Å². The molecule has 42 heavy (non-hydrogen) atoms. The highest BCUT2D eigenvalue weighted by molar-refractivity contribution is 5.85. The zero-order valence-electron chi connectivity index (χ0n) is 25.1. The maximum atomic E-state index is 9.66. The van der Waals surface area contributed by atoms with Crippen LogP contribution in [0.3, 0.4) is 0 Å². The van der Waals surface area contributed by atoms with Crippen molar-refractivity contribution in [1.29, 1.82) is 0 Å². The fourth-order valence-corrected chi connectivity index (χ4v) is 6.77. The first-order valence-corrected chi connectivity index (χ1v) is 16.2. The van der Waals surface area contributed by atoms with Crippen LogP contribution in [0.4, 0.5) is 5.69 Å². The average Bonchev–Trinajstić information content (AvgIpc) is 3.39. The molecule has 3 aliphatic rings. The highest BCUT2D eigenvalue weighted by atomic mass is 16.5. The molecule has 1 N–H and O–H groups in total. The number of hydrogen-bond acceptors (Lipinski definition) is 5. The molecule has 0 bridgehead atoms. The second kappa shape index (κ2) is 14.3. The summed E-state index contributed by atoms with van der Waals surface area (Å²) in [6, 6.07) is 17.0. The van der Waals surface area contributed by atoms with Gasteiger partial charge in [0, 0.05) is 31.6 Å². The van der Waals surface area contributed by atoms with Gasteiger partial charge < -0.3 is 24.5 Å². The molecule has 0 radical (unpaired) electrons. The van der Waals surface area contributed by atoms with Gasteiger partial charge in [-0.3, -0.25) is 0 Å². The van der Waals surface area contributed by atoms with Gasteiger partial charge in [0.1, 0.15) is 6.54 Å². The van der Waals surface area contributed by atoms with Gasteiger partial charge in [-0.15, -0.1) is 0 Å². The molecule has 222 valence electrons. The first-order chi connectivity index (χ1) is 20.8. The number of aliphatic hydroxyl groups is 1. The van der Waals surface area contributed by atoms with Gasteiger partial charge in [-0.05, 0) is 100 Å². The quantitative estimate of drug-likeness (QED) is 0.283. The fraction of sp³-hybridized carbons (Fsp3) is 0.472. The summed E-state index contributed by atoms with van der Waals surface area (Å²) in [5.74, 6) is 1.68. The second-order valence-electron chi connectivity index (χ2n) is 12.1. The summed E-state index contributed by atoms with van der Waals surface area (Å²) >= 11 is 0. The van der Waals surface area contributed by atoms with Crippen molar-refractivity contribution in [2.24, 2.45) is 0 Å². The van der Waals surface area contributed by atoms with Crippen LogP contribution < -0.4 is 14.2 Å². The van der Waals surface area contributed by atoms with E-state index in [1.807, 2.05) is 12.1 Å². The third kappa shape index (κ3) is 7.05. The lowest BCUT2D eigenvalue weighted by Crippen LogP contribution is -2.37. The van der Waals surface area contributed by atoms with Gasteiger partial charge in [0.15, 0.2) is 11.9 Å². The Bertz CT molecular complexity index is 1390. The van der Waals surface area contributed by atoms with Crippen LogP contribution in [0.25, 0.3) is 17.0 Å². The number of aliphatic hydroxyl groups excluding tert-OH is 1. The molecular formula is C36H47N4O2+. The minimum Gasteiger partial charge on any atom is -0.439 e. The summed E-state index contributed by atoms with van der Waals surface area (Å²) in [5.41, 5.74) is 4.45. The first kappa shape index (κ1) is 28.9. The van der Waals surface area contributed by atoms with Crippen LogP contribution in [0.15, 0.2) is 72.8 Å². The van der Waals surface area contributed by atoms with Crippen LogP contribution in [-0.4, -0.2) is 60.7 Å². The van der Waals surface area contributed by atoms with Crippen molar-refractivity contribution in [3.63, 3.8) is 0 Å². The molecule has 0 amide bonds. The van der Waals surface area contributed by atoms with Gasteiger partial charge in [0.2, 0.25) is 11.4 Å². The van der Waals surface area contributed by atoms with E-state index in [-0.39, 0.29) is 6.61 Å². The molecule has 3 aliphatic heterocycles. The zero-order valence-corrected chi connectivity index (χ0v) is 25.1. The molecule has 6 heteroatoms. The molecule has 0 atom stereocenters.